The second-order valence-corrected chi connectivity index (χ2v) is 5.56. The Morgan fingerprint density at radius 2 is 1.92 bits per heavy atom. The molecule has 1 heterocycles. The van der Waals surface area contributed by atoms with Gasteiger partial charge in [0, 0.05) is 11.3 Å². The maximum absolute atomic E-state index is 12.5. The van der Waals surface area contributed by atoms with Crippen LogP contribution in [-0.4, -0.2) is 30.0 Å². The molecule has 2 rings (SSSR count). The number of hydrogen-bond donors (Lipinski definition) is 1. The molecule has 1 N–H and O–H groups in total. The molecule has 0 amide bonds. The summed E-state index contributed by atoms with van der Waals surface area (Å²) in [7, 11) is 0. The predicted molar refractivity (Wildman–Crippen MR) is 91.9 cm³/mol. The summed E-state index contributed by atoms with van der Waals surface area (Å²) in [5, 5.41) is 0. The lowest BCUT2D eigenvalue weighted by Gasteiger charge is -2.07. The van der Waals surface area contributed by atoms with Crippen molar-refractivity contribution < 1.29 is 19.1 Å². The van der Waals surface area contributed by atoms with E-state index in [4.69, 9.17) is 9.47 Å². The van der Waals surface area contributed by atoms with Gasteiger partial charge in [0.1, 0.15) is 11.4 Å². The number of H-pyrrole nitrogens is 1. The van der Waals surface area contributed by atoms with Gasteiger partial charge in [-0.3, -0.25) is 4.79 Å². The molecule has 1 aromatic carbocycles. The first-order valence-corrected chi connectivity index (χ1v) is 8.09. The molecular formula is C19H23NO4. The topological polar surface area (TPSA) is 68.4 Å². The van der Waals surface area contributed by atoms with Gasteiger partial charge in [0.15, 0.2) is 6.61 Å². The van der Waals surface area contributed by atoms with Gasteiger partial charge in [0.05, 0.1) is 6.61 Å². The average molecular weight is 329 g/mol. The van der Waals surface area contributed by atoms with Crippen LogP contribution in [0.1, 0.15) is 51.5 Å². The quantitative estimate of drug-likeness (QED) is 0.622. The third kappa shape index (κ3) is 3.85. The number of ether oxygens (including phenoxy) is 2. The van der Waals surface area contributed by atoms with Crippen molar-refractivity contribution >= 4 is 11.8 Å². The fourth-order valence-electron chi connectivity index (χ4n) is 2.65. The Kier molecular flexibility index (Phi) is 5.79. The fourth-order valence-corrected chi connectivity index (χ4v) is 2.65. The molecule has 0 aliphatic heterocycles. The first-order valence-electron chi connectivity index (χ1n) is 8.09. The molecule has 5 nitrogen and oxygen atoms in total. The van der Waals surface area contributed by atoms with E-state index in [0.29, 0.717) is 28.3 Å². The van der Waals surface area contributed by atoms with Gasteiger partial charge in [0.25, 0.3) is 0 Å². The lowest BCUT2D eigenvalue weighted by molar-refractivity contribution is 0.0519. The summed E-state index contributed by atoms with van der Waals surface area (Å²) in [5.74, 6) is 0.0478. The Bertz CT molecular complexity index is 746. The zero-order valence-corrected chi connectivity index (χ0v) is 14.6. The lowest BCUT2D eigenvalue weighted by atomic mass is 10.1. The molecule has 0 bridgehead atoms. The normalized spacial score (nSPS) is 10.5. The van der Waals surface area contributed by atoms with Crippen LogP contribution in [0.4, 0.5) is 0 Å². The Labute approximate surface area is 142 Å². The molecule has 0 atom stereocenters. The highest BCUT2D eigenvalue weighted by Crippen LogP contribution is 2.20. The lowest BCUT2D eigenvalue weighted by Crippen LogP contribution is -2.14. The van der Waals surface area contributed by atoms with Crippen LogP contribution < -0.4 is 4.74 Å². The highest BCUT2D eigenvalue weighted by atomic mass is 16.5. The van der Waals surface area contributed by atoms with Crippen LogP contribution in [0, 0.1) is 13.8 Å². The van der Waals surface area contributed by atoms with Gasteiger partial charge < -0.3 is 14.5 Å². The minimum Gasteiger partial charge on any atom is -0.485 e. The summed E-state index contributed by atoms with van der Waals surface area (Å²) in [6, 6.07) is 7.67. The fraction of sp³-hybridized carbons (Fsp3) is 0.368. The minimum absolute atomic E-state index is 0.0744. The molecule has 0 saturated heterocycles. The maximum atomic E-state index is 12.5. The molecule has 0 radical (unpaired) electrons. The van der Waals surface area contributed by atoms with Crippen molar-refractivity contribution in [1.82, 2.24) is 4.98 Å². The molecule has 0 aliphatic carbocycles. The van der Waals surface area contributed by atoms with E-state index >= 15 is 0 Å². The van der Waals surface area contributed by atoms with Crippen molar-refractivity contribution in [3.8, 4) is 5.75 Å². The number of benzene rings is 1. The summed E-state index contributed by atoms with van der Waals surface area (Å²) < 4.78 is 10.6. The Hall–Kier alpha value is -2.56. The van der Waals surface area contributed by atoms with Gasteiger partial charge in [-0.05, 0) is 50.5 Å². The molecule has 24 heavy (non-hydrogen) atoms. The van der Waals surface area contributed by atoms with Crippen molar-refractivity contribution in [1.29, 1.82) is 0 Å². The number of carbonyl (C=O) groups is 2. The molecular weight excluding hydrogens is 306 g/mol. The van der Waals surface area contributed by atoms with Crippen LogP contribution >= 0.6 is 0 Å². The van der Waals surface area contributed by atoms with Gasteiger partial charge in [-0.2, -0.15) is 0 Å². The molecule has 0 fully saturated rings. The minimum atomic E-state index is -0.450. The van der Waals surface area contributed by atoms with Gasteiger partial charge in [-0.1, -0.05) is 19.1 Å². The van der Waals surface area contributed by atoms with Crippen molar-refractivity contribution in [2.24, 2.45) is 0 Å². The molecule has 5 heteroatoms. The summed E-state index contributed by atoms with van der Waals surface area (Å²) in [6.45, 7) is 7.52. The Balaban J connectivity index is 2.13. The molecule has 0 aliphatic rings. The van der Waals surface area contributed by atoms with E-state index in [2.05, 4.69) is 11.9 Å². The van der Waals surface area contributed by atoms with Crippen LogP contribution in [0.2, 0.25) is 0 Å². The number of rotatable bonds is 7. The van der Waals surface area contributed by atoms with Crippen LogP contribution in [0.15, 0.2) is 24.3 Å². The summed E-state index contributed by atoms with van der Waals surface area (Å²) in [4.78, 5) is 27.4. The van der Waals surface area contributed by atoms with E-state index < -0.39 is 5.97 Å². The molecule has 0 unspecified atom stereocenters. The zero-order chi connectivity index (χ0) is 17.7. The Morgan fingerprint density at radius 3 is 2.58 bits per heavy atom. The number of aromatic nitrogens is 1. The highest BCUT2D eigenvalue weighted by molar-refractivity contribution is 6.03. The molecule has 0 saturated carbocycles. The number of esters is 1. The summed E-state index contributed by atoms with van der Waals surface area (Å²) in [5.41, 5.74) is 3.21. The molecule has 1 aromatic heterocycles. The largest absolute Gasteiger partial charge is 0.485 e. The number of hydrogen-bond acceptors (Lipinski definition) is 4. The number of carbonyl (C=O) groups excluding carboxylic acids is 2. The first-order chi connectivity index (χ1) is 11.5. The van der Waals surface area contributed by atoms with E-state index in [0.717, 1.165) is 12.0 Å². The molecule has 128 valence electrons. The second-order valence-electron chi connectivity index (χ2n) is 5.56. The summed E-state index contributed by atoms with van der Waals surface area (Å²) >= 11 is 0. The molecule has 0 spiro atoms. The Morgan fingerprint density at radius 1 is 1.17 bits per heavy atom. The molecule has 2 aromatic rings. The van der Waals surface area contributed by atoms with Crippen molar-refractivity contribution in [3.05, 3.63) is 52.3 Å². The second kappa shape index (κ2) is 7.81. The van der Waals surface area contributed by atoms with Crippen LogP contribution in [0.25, 0.3) is 0 Å². The number of aromatic amines is 1. The number of Topliss-reactive ketones (excluding diaryl/α,β-unsaturated/α-hetero) is 1. The third-order valence-electron chi connectivity index (χ3n) is 3.87. The van der Waals surface area contributed by atoms with E-state index in [9.17, 15) is 9.59 Å². The van der Waals surface area contributed by atoms with Crippen LogP contribution in [0.3, 0.4) is 0 Å². The van der Waals surface area contributed by atoms with E-state index in [1.165, 1.54) is 0 Å². The van der Waals surface area contributed by atoms with E-state index in [-0.39, 0.29) is 19.0 Å². The van der Waals surface area contributed by atoms with E-state index in [1.807, 2.05) is 24.3 Å². The number of aryl methyl sites for hydroxylation is 2. The van der Waals surface area contributed by atoms with Gasteiger partial charge >= 0.3 is 5.97 Å². The van der Waals surface area contributed by atoms with Gasteiger partial charge in [-0.15, -0.1) is 0 Å². The predicted octanol–water partition coefficient (Wildman–Crippen LogP) is 3.63. The van der Waals surface area contributed by atoms with Crippen molar-refractivity contribution in [2.45, 2.75) is 34.1 Å². The maximum Gasteiger partial charge on any atom is 0.355 e. The van der Waals surface area contributed by atoms with Crippen LogP contribution in [-0.2, 0) is 11.2 Å². The summed E-state index contributed by atoms with van der Waals surface area (Å²) in [6.07, 6.45) is 0.907. The first kappa shape index (κ1) is 17.8. The highest BCUT2D eigenvalue weighted by Gasteiger charge is 2.22. The monoisotopic (exact) mass is 329 g/mol. The van der Waals surface area contributed by atoms with Crippen molar-refractivity contribution in [3.63, 3.8) is 0 Å². The number of nitrogens with one attached hydrogen (secondary N) is 1. The standard InChI is InChI=1S/C19H23NO4/c1-5-14-8-7-9-15(10-14)24-11-16(21)17-12(3)18(20-13(17)4)19(22)23-6-2/h7-10,20H,5-6,11H2,1-4H3. The van der Waals surface area contributed by atoms with Gasteiger partial charge in [-0.25, -0.2) is 4.79 Å². The number of ketones is 1. The smallest absolute Gasteiger partial charge is 0.355 e. The SMILES string of the molecule is CCOC(=O)c1[nH]c(C)c(C(=O)COc2cccc(CC)c2)c1C. The van der Waals surface area contributed by atoms with Crippen molar-refractivity contribution in [2.75, 3.05) is 13.2 Å². The van der Waals surface area contributed by atoms with Crippen LogP contribution in [0.5, 0.6) is 5.75 Å². The van der Waals surface area contributed by atoms with Gasteiger partial charge in [0.2, 0.25) is 5.78 Å². The average Bonchev–Trinajstić information content (AvgIpc) is 2.88. The third-order valence-corrected chi connectivity index (χ3v) is 3.87. The van der Waals surface area contributed by atoms with E-state index in [1.54, 1.807) is 20.8 Å². The zero-order valence-electron chi connectivity index (χ0n) is 14.6.